The second-order valence-electron chi connectivity index (χ2n) is 3.91. The van der Waals surface area contributed by atoms with Crippen molar-refractivity contribution >= 4 is 11.4 Å². The van der Waals surface area contributed by atoms with Crippen LogP contribution in [-0.4, -0.2) is 12.0 Å². The van der Waals surface area contributed by atoms with Gasteiger partial charge in [0.25, 0.3) is 0 Å². The third-order valence-corrected chi connectivity index (χ3v) is 2.67. The van der Waals surface area contributed by atoms with Crippen molar-refractivity contribution in [1.29, 1.82) is 5.26 Å². The molecule has 0 aliphatic rings. The fraction of sp³-hybridized carbons (Fsp3) is 0.143. The molecule has 84 valence electrons. The van der Waals surface area contributed by atoms with Crippen molar-refractivity contribution in [1.82, 2.24) is 4.98 Å². The van der Waals surface area contributed by atoms with Crippen LogP contribution in [0.3, 0.4) is 0 Å². The van der Waals surface area contributed by atoms with Gasteiger partial charge >= 0.3 is 0 Å². The Labute approximate surface area is 101 Å². The van der Waals surface area contributed by atoms with E-state index >= 15 is 0 Å². The van der Waals surface area contributed by atoms with E-state index in [1.807, 2.05) is 24.1 Å². The van der Waals surface area contributed by atoms with E-state index in [1.165, 1.54) is 5.56 Å². The summed E-state index contributed by atoms with van der Waals surface area (Å²) in [4.78, 5) is 6.09. The fourth-order valence-electron chi connectivity index (χ4n) is 1.57. The van der Waals surface area contributed by atoms with Crippen LogP contribution in [0.15, 0.2) is 42.6 Å². The lowest BCUT2D eigenvalue weighted by molar-refractivity contribution is 1.16. The van der Waals surface area contributed by atoms with Crippen LogP contribution in [0.2, 0.25) is 0 Å². The number of nitrogens with zero attached hydrogens (tertiary/aromatic N) is 3. The van der Waals surface area contributed by atoms with Crippen LogP contribution in [0.1, 0.15) is 11.3 Å². The number of pyridine rings is 1. The van der Waals surface area contributed by atoms with Gasteiger partial charge in [-0.2, -0.15) is 5.26 Å². The van der Waals surface area contributed by atoms with Crippen molar-refractivity contribution in [3.05, 3.63) is 53.9 Å². The van der Waals surface area contributed by atoms with E-state index in [4.69, 9.17) is 5.26 Å². The summed E-state index contributed by atoms with van der Waals surface area (Å²) in [7, 11) is 1.98. The van der Waals surface area contributed by atoms with E-state index in [2.05, 4.69) is 36.2 Å². The summed E-state index contributed by atoms with van der Waals surface area (Å²) in [6.07, 6.45) is 1.71. The fourth-order valence-corrected chi connectivity index (χ4v) is 1.57. The molecule has 0 fully saturated rings. The molecule has 0 amide bonds. The van der Waals surface area contributed by atoms with Crippen LogP contribution in [0.5, 0.6) is 0 Å². The van der Waals surface area contributed by atoms with Gasteiger partial charge in [-0.3, -0.25) is 0 Å². The Kier molecular flexibility index (Phi) is 3.06. The number of hydrogen-bond donors (Lipinski definition) is 0. The van der Waals surface area contributed by atoms with Gasteiger partial charge in [0.15, 0.2) is 0 Å². The van der Waals surface area contributed by atoms with Crippen LogP contribution < -0.4 is 4.90 Å². The Morgan fingerprint density at radius 3 is 2.24 bits per heavy atom. The second-order valence-corrected chi connectivity index (χ2v) is 3.91. The highest BCUT2D eigenvalue weighted by Crippen LogP contribution is 2.22. The van der Waals surface area contributed by atoms with Gasteiger partial charge in [-0.15, -0.1) is 0 Å². The first-order chi connectivity index (χ1) is 8.20. The van der Waals surface area contributed by atoms with E-state index in [-0.39, 0.29) is 0 Å². The molecule has 0 spiro atoms. The summed E-state index contributed by atoms with van der Waals surface area (Å²) in [5, 5.41) is 8.69. The molecule has 17 heavy (non-hydrogen) atoms. The van der Waals surface area contributed by atoms with Crippen molar-refractivity contribution in [2.24, 2.45) is 0 Å². The molecule has 0 N–H and O–H groups in total. The average Bonchev–Trinajstić information content (AvgIpc) is 2.39. The third-order valence-electron chi connectivity index (χ3n) is 2.67. The predicted octanol–water partition coefficient (Wildman–Crippen LogP) is 3.03. The number of aromatic nitrogens is 1. The van der Waals surface area contributed by atoms with Crippen LogP contribution >= 0.6 is 0 Å². The zero-order valence-electron chi connectivity index (χ0n) is 9.88. The molecule has 1 aromatic heterocycles. The Balaban J connectivity index is 2.27. The molecule has 2 rings (SSSR count). The Morgan fingerprint density at radius 1 is 1.06 bits per heavy atom. The van der Waals surface area contributed by atoms with Gasteiger partial charge in [0.05, 0.1) is 11.9 Å². The molecule has 2 aromatic rings. The van der Waals surface area contributed by atoms with E-state index in [1.54, 1.807) is 12.3 Å². The summed E-state index contributed by atoms with van der Waals surface area (Å²) in [5.41, 5.74) is 3.74. The van der Waals surface area contributed by atoms with Crippen LogP contribution in [0.25, 0.3) is 0 Å². The molecule has 0 radical (unpaired) electrons. The molecule has 3 heteroatoms. The number of rotatable bonds is 2. The van der Waals surface area contributed by atoms with E-state index < -0.39 is 0 Å². The van der Waals surface area contributed by atoms with Gasteiger partial charge in [-0.25, -0.2) is 4.98 Å². The first-order valence-corrected chi connectivity index (χ1v) is 5.37. The van der Waals surface area contributed by atoms with Crippen molar-refractivity contribution in [3.8, 4) is 6.07 Å². The minimum atomic E-state index is 0.436. The lowest BCUT2D eigenvalue weighted by atomic mass is 10.2. The Bertz CT molecular complexity index is 535. The first kappa shape index (κ1) is 11.2. The lowest BCUT2D eigenvalue weighted by Gasteiger charge is -2.19. The molecule has 0 saturated carbocycles. The van der Waals surface area contributed by atoms with Crippen molar-refractivity contribution in [2.75, 3.05) is 11.9 Å². The zero-order chi connectivity index (χ0) is 12.3. The van der Waals surface area contributed by atoms with Crippen LogP contribution in [0, 0.1) is 18.3 Å². The van der Waals surface area contributed by atoms with E-state index in [0.717, 1.165) is 11.4 Å². The summed E-state index contributed by atoms with van der Waals surface area (Å²) in [5.74, 6) is 0. The largest absolute Gasteiger partial charge is 0.343 e. The SMILES string of the molecule is Cc1ccc(N(C)c2ccc(C#N)nc2)cc1. The molecule has 3 nitrogen and oxygen atoms in total. The van der Waals surface area contributed by atoms with E-state index in [0.29, 0.717) is 5.69 Å². The van der Waals surface area contributed by atoms with Gasteiger partial charge in [-0.05, 0) is 31.2 Å². The Morgan fingerprint density at radius 2 is 1.71 bits per heavy atom. The monoisotopic (exact) mass is 223 g/mol. The average molecular weight is 223 g/mol. The van der Waals surface area contributed by atoms with Gasteiger partial charge in [0.1, 0.15) is 11.8 Å². The van der Waals surface area contributed by atoms with Crippen molar-refractivity contribution < 1.29 is 0 Å². The molecule has 1 heterocycles. The zero-order valence-corrected chi connectivity index (χ0v) is 9.88. The maximum atomic E-state index is 8.69. The smallest absolute Gasteiger partial charge is 0.140 e. The molecule has 0 atom stereocenters. The highest BCUT2D eigenvalue weighted by Gasteiger charge is 2.03. The lowest BCUT2D eigenvalue weighted by Crippen LogP contribution is -2.09. The highest BCUT2D eigenvalue weighted by atomic mass is 15.1. The molecular weight excluding hydrogens is 210 g/mol. The first-order valence-electron chi connectivity index (χ1n) is 5.37. The number of benzene rings is 1. The molecule has 0 saturated heterocycles. The summed E-state index contributed by atoms with van der Waals surface area (Å²) < 4.78 is 0. The van der Waals surface area contributed by atoms with Gasteiger partial charge < -0.3 is 4.90 Å². The molecular formula is C14H13N3. The topological polar surface area (TPSA) is 39.9 Å². The standard InChI is InChI=1S/C14H13N3/c1-11-3-6-13(7-4-11)17(2)14-8-5-12(9-15)16-10-14/h3-8,10H,1-2H3. The number of anilines is 2. The quantitative estimate of drug-likeness (QED) is 0.785. The van der Waals surface area contributed by atoms with Crippen molar-refractivity contribution in [3.63, 3.8) is 0 Å². The molecule has 0 bridgehead atoms. The molecule has 0 aliphatic carbocycles. The van der Waals surface area contributed by atoms with Crippen LogP contribution in [0.4, 0.5) is 11.4 Å². The normalized spacial score (nSPS) is 9.71. The minimum absolute atomic E-state index is 0.436. The summed E-state index contributed by atoms with van der Waals surface area (Å²) >= 11 is 0. The predicted molar refractivity (Wildman–Crippen MR) is 68.2 cm³/mol. The molecule has 1 aromatic carbocycles. The summed E-state index contributed by atoms with van der Waals surface area (Å²) in [6, 6.07) is 13.9. The van der Waals surface area contributed by atoms with Gasteiger partial charge in [0, 0.05) is 12.7 Å². The molecule has 0 aliphatic heterocycles. The number of hydrogen-bond acceptors (Lipinski definition) is 3. The molecule has 0 unspecified atom stereocenters. The van der Waals surface area contributed by atoms with Gasteiger partial charge in [0.2, 0.25) is 0 Å². The third kappa shape index (κ3) is 2.43. The Hall–Kier alpha value is -2.34. The number of aryl methyl sites for hydroxylation is 1. The van der Waals surface area contributed by atoms with E-state index in [9.17, 15) is 0 Å². The van der Waals surface area contributed by atoms with Crippen molar-refractivity contribution in [2.45, 2.75) is 6.92 Å². The minimum Gasteiger partial charge on any atom is -0.343 e. The second kappa shape index (κ2) is 4.67. The highest BCUT2D eigenvalue weighted by molar-refractivity contribution is 5.62. The van der Waals surface area contributed by atoms with Gasteiger partial charge in [-0.1, -0.05) is 17.7 Å². The number of nitriles is 1. The maximum Gasteiger partial charge on any atom is 0.140 e. The van der Waals surface area contributed by atoms with Crippen LogP contribution in [-0.2, 0) is 0 Å². The summed E-state index contributed by atoms with van der Waals surface area (Å²) in [6.45, 7) is 2.06. The maximum absolute atomic E-state index is 8.69.